The summed E-state index contributed by atoms with van der Waals surface area (Å²) in [6.45, 7) is 13.9. The molecule has 19 heteroatoms. The summed E-state index contributed by atoms with van der Waals surface area (Å²) in [5.74, 6) is 0.736. The predicted molar refractivity (Wildman–Crippen MR) is 335 cm³/mol. The van der Waals surface area contributed by atoms with Crippen molar-refractivity contribution >= 4 is 39.5 Å². The normalized spacial score (nSPS) is 14.4. The molecule has 0 saturated heterocycles. The number of rotatable bonds is 62. The van der Waals surface area contributed by atoms with Gasteiger partial charge in [-0.15, -0.1) is 0 Å². The highest BCUT2D eigenvalue weighted by molar-refractivity contribution is 7.47. The van der Waals surface area contributed by atoms with Crippen LogP contribution in [0, 0.1) is 23.7 Å². The number of esters is 4. The zero-order valence-electron chi connectivity index (χ0n) is 54.5. The van der Waals surface area contributed by atoms with E-state index in [1.165, 1.54) is 109 Å². The first-order chi connectivity index (χ1) is 40.1. The minimum Gasteiger partial charge on any atom is -0.462 e. The van der Waals surface area contributed by atoms with Crippen molar-refractivity contribution in [2.75, 3.05) is 39.6 Å². The van der Waals surface area contributed by atoms with E-state index in [0.717, 1.165) is 114 Å². The van der Waals surface area contributed by atoms with E-state index in [2.05, 4.69) is 55.4 Å². The maximum Gasteiger partial charge on any atom is 0.472 e. The summed E-state index contributed by atoms with van der Waals surface area (Å²) >= 11 is 0. The first-order valence-corrected chi connectivity index (χ1v) is 36.7. The monoisotopic (exact) mass is 1240 g/mol. The van der Waals surface area contributed by atoms with E-state index in [4.69, 9.17) is 37.0 Å². The van der Waals surface area contributed by atoms with Crippen LogP contribution in [0.25, 0.3) is 0 Å². The molecule has 0 aromatic rings. The molecule has 0 aliphatic rings. The Morgan fingerprint density at radius 3 is 0.738 bits per heavy atom. The lowest BCUT2D eigenvalue weighted by atomic mass is 10.0. The van der Waals surface area contributed by atoms with E-state index in [1.54, 1.807) is 0 Å². The van der Waals surface area contributed by atoms with Crippen molar-refractivity contribution in [3.63, 3.8) is 0 Å². The van der Waals surface area contributed by atoms with Crippen LogP contribution in [-0.2, 0) is 65.4 Å². The van der Waals surface area contributed by atoms with Crippen molar-refractivity contribution in [2.24, 2.45) is 23.7 Å². The fourth-order valence-electron chi connectivity index (χ4n) is 9.61. The fourth-order valence-corrected chi connectivity index (χ4v) is 11.2. The van der Waals surface area contributed by atoms with E-state index in [9.17, 15) is 43.2 Å². The maximum atomic E-state index is 13.0. The average molecular weight is 1240 g/mol. The fraction of sp³-hybridized carbons (Fsp3) is 0.938. The summed E-state index contributed by atoms with van der Waals surface area (Å²) < 4.78 is 68.0. The SMILES string of the molecule is CC(C)CCCCCCCCCCCCC(=O)O[C@H](COC(=O)CCCCCCCCCCC(C)C)COP(=O)(O)OCC(O)COP(=O)(O)OC[C@@H](COC(=O)CCCCCCCCC(C)C)OC(=O)CCCCCCCCCCC(C)C. The molecule has 0 aromatic carbocycles. The molecule has 0 saturated carbocycles. The third kappa shape index (κ3) is 59.0. The molecule has 0 rings (SSSR count). The van der Waals surface area contributed by atoms with E-state index in [-0.39, 0.29) is 25.7 Å². The van der Waals surface area contributed by atoms with Gasteiger partial charge in [0.15, 0.2) is 12.2 Å². The molecule has 0 bridgehead atoms. The molecule has 498 valence electrons. The van der Waals surface area contributed by atoms with Gasteiger partial charge in [0.1, 0.15) is 19.3 Å². The highest BCUT2D eigenvalue weighted by atomic mass is 31.2. The number of aliphatic hydroxyl groups is 1. The first kappa shape index (κ1) is 82.1. The Morgan fingerprint density at radius 1 is 0.298 bits per heavy atom. The molecule has 84 heavy (non-hydrogen) atoms. The summed E-state index contributed by atoms with van der Waals surface area (Å²) in [6.07, 6.45) is 35.0. The molecule has 5 atom stereocenters. The number of carbonyl (C=O) groups is 4. The van der Waals surface area contributed by atoms with Gasteiger partial charge >= 0.3 is 39.5 Å². The molecule has 3 unspecified atom stereocenters. The zero-order chi connectivity index (χ0) is 62.5. The largest absolute Gasteiger partial charge is 0.472 e. The van der Waals surface area contributed by atoms with Crippen molar-refractivity contribution in [3.05, 3.63) is 0 Å². The molecule has 0 spiro atoms. The summed E-state index contributed by atoms with van der Waals surface area (Å²) in [6, 6.07) is 0. The van der Waals surface area contributed by atoms with Gasteiger partial charge in [0.25, 0.3) is 0 Å². The zero-order valence-corrected chi connectivity index (χ0v) is 56.3. The van der Waals surface area contributed by atoms with Crippen LogP contribution in [0.4, 0.5) is 0 Å². The quantitative estimate of drug-likeness (QED) is 0.0222. The molecule has 0 amide bonds. The lowest BCUT2D eigenvalue weighted by molar-refractivity contribution is -0.161. The van der Waals surface area contributed by atoms with Crippen molar-refractivity contribution < 1.29 is 80.2 Å². The first-order valence-electron chi connectivity index (χ1n) is 33.7. The lowest BCUT2D eigenvalue weighted by Crippen LogP contribution is -2.30. The number of aliphatic hydroxyl groups excluding tert-OH is 1. The Morgan fingerprint density at radius 2 is 0.500 bits per heavy atom. The number of carbonyl (C=O) groups excluding carboxylic acids is 4. The standard InChI is InChI=1S/C65H126O17P2/c1-55(2)41-33-25-17-11-9-10-12-21-31-39-47-64(69)81-60(51-75-62(67)45-37-29-20-15-13-18-26-34-42-56(3)4)53-79-83(71,72)77-49-59(66)50-78-84(73,74)80-54-61(52-76-63(68)46-38-30-24-23-28-36-44-58(7)8)82-65(70)48-40-32-22-16-14-19-27-35-43-57(5)6/h55-61,66H,9-54H2,1-8H3,(H,71,72)(H,73,74)/t59?,60-,61-/m1/s1. The highest BCUT2D eigenvalue weighted by Crippen LogP contribution is 2.45. The van der Waals surface area contributed by atoms with Crippen LogP contribution in [0.3, 0.4) is 0 Å². The molecule has 17 nitrogen and oxygen atoms in total. The van der Waals surface area contributed by atoms with Gasteiger partial charge in [-0.05, 0) is 49.4 Å². The highest BCUT2D eigenvalue weighted by Gasteiger charge is 2.30. The number of hydrogen-bond donors (Lipinski definition) is 3. The molecule has 0 aliphatic heterocycles. The molecule has 0 radical (unpaired) electrons. The number of phosphoric acid groups is 2. The third-order valence-electron chi connectivity index (χ3n) is 14.8. The topological polar surface area (TPSA) is 237 Å². The second-order valence-corrected chi connectivity index (χ2v) is 28.3. The van der Waals surface area contributed by atoms with Crippen LogP contribution < -0.4 is 0 Å². The van der Waals surface area contributed by atoms with Crippen LogP contribution in [0.5, 0.6) is 0 Å². The van der Waals surface area contributed by atoms with Crippen molar-refractivity contribution in [1.82, 2.24) is 0 Å². The average Bonchev–Trinajstić information content (AvgIpc) is 3.47. The Bertz CT molecular complexity index is 1680. The number of ether oxygens (including phenoxy) is 4. The molecule has 0 aliphatic carbocycles. The predicted octanol–water partition coefficient (Wildman–Crippen LogP) is 17.8. The van der Waals surface area contributed by atoms with Crippen LogP contribution in [0.1, 0.15) is 312 Å². The minimum atomic E-state index is -4.95. The summed E-state index contributed by atoms with van der Waals surface area (Å²) in [5, 5.41) is 10.5. The second kappa shape index (κ2) is 55.2. The molecular weight excluding hydrogens is 1110 g/mol. The molecule has 0 aromatic heterocycles. The molecule has 0 heterocycles. The maximum absolute atomic E-state index is 13.0. The van der Waals surface area contributed by atoms with E-state index < -0.39 is 97.5 Å². The van der Waals surface area contributed by atoms with Gasteiger partial charge in [-0.3, -0.25) is 37.3 Å². The lowest BCUT2D eigenvalue weighted by Gasteiger charge is -2.21. The summed E-state index contributed by atoms with van der Waals surface area (Å²) in [5.41, 5.74) is 0. The van der Waals surface area contributed by atoms with Crippen LogP contribution in [-0.4, -0.2) is 96.7 Å². The van der Waals surface area contributed by atoms with Crippen LogP contribution in [0.2, 0.25) is 0 Å². The number of unbranched alkanes of at least 4 members (excludes halogenated alkanes) is 28. The Kier molecular flexibility index (Phi) is 53.9. The Hall–Kier alpha value is -1.94. The van der Waals surface area contributed by atoms with Crippen molar-refractivity contribution in [1.29, 1.82) is 0 Å². The van der Waals surface area contributed by atoms with E-state index in [1.807, 2.05) is 0 Å². The minimum absolute atomic E-state index is 0.103. The van der Waals surface area contributed by atoms with Gasteiger partial charge in [-0.1, -0.05) is 261 Å². The second-order valence-electron chi connectivity index (χ2n) is 25.4. The third-order valence-corrected chi connectivity index (χ3v) is 16.7. The van der Waals surface area contributed by atoms with E-state index >= 15 is 0 Å². The summed E-state index contributed by atoms with van der Waals surface area (Å²) in [4.78, 5) is 72.2. The Labute approximate surface area is 511 Å². The van der Waals surface area contributed by atoms with Gasteiger partial charge in [0.05, 0.1) is 26.4 Å². The van der Waals surface area contributed by atoms with Gasteiger partial charge in [0.2, 0.25) is 0 Å². The molecular formula is C65H126O17P2. The van der Waals surface area contributed by atoms with Gasteiger partial charge < -0.3 is 33.8 Å². The van der Waals surface area contributed by atoms with E-state index in [0.29, 0.717) is 31.6 Å². The number of hydrogen-bond acceptors (Lipinski definition) is 15. The van der Waals surface area contributed by atoms with Crippen LogP contribution in [0.15, 0.2) is 0 Å². The smallest absolute Gasteiger partial charge is 0.462 e. The number of phosphoric ester groups is 2. The van der Waals surface area contributed by atoms with Gasteiger partial charge in [-0.25, -0.2) is 9.13 Å². The van der Waals surface area contributed by atoms with Crippen molar-refractivity contribution in [3.8, 4) is 0 Å². The molecule has 3 N–H and O–H groups in total. The van der Waals surface area contributed by atoms with Gasteiger partial charge in [-0.2, -0.15) is 0 Å². The van der Waals surface area contributed by atoms with Gasteiger partial charge in [0, 0.05) is 25.7 Å². The Balaban J connectivity index is 5.25. The van der Waals surface area contributed by atoms with Crippen LogP contribution >= 0.6 is 15.6 Å². The van der Waals surface area contributed by atoms with Crippen molar-refractivity contribution in [2.45, 2.75) is 331 Å². The summed E-state index contributed by atoms with van der Waals surface area (Å²) in [7, 11) is -9.89. The molecule has 0 fully saturated rings.